The molecule has 0 aliphatic carbocycles. The van der Waals surface area contributed by atoms with E-state index in [-0.39, 0.29) is 16.9 Å². The molecule has 0 bridgehead atoms. The second-order valence-corrected chi connectivity index (χ2v) is 7.35. The Bertz CT molecular complexity index is 844. The van der Waals surface area contributed by atoms with Crippen LogP contribution in [0.4, 0.5) is 9.18 Å². The van der Waals surface area contributed by atoms with Gasteiger partial charge in [-0.15, -0.1) is 0 Å². The largest absolute Gasteiger partial charge is 0.496 e. The third kappa shape index (κ3) is 5.09. The van der Waals surface area contributed by atoms with Gasteiger partial charge in [-0.05, 0) is 33.3 Å². The maximum Gasteiger partial charge on any atom is 0.408 e. The topological polar surface area (TPSA) is 64.6 Å². The lowest BCUT2D eigenvalue weighted by Gasteiger charge is -2.24. The molecule has 0 saturated carbocycles. The molecular formula is C22H26FNO4. The van der Waals surface area contributed by atoms with Crippen LogP contribution in [0.5, 0.6) is 5.75 Å². The van der Waals surface area contributed by atoms with Gasteiger partial charge in [0.05, 0.1) is 13.2 Å². The Balaban J connectivity index is 2.42. The maximum absolute atomic E-state index is 15.4. The summed E-state index contributed by atoms with van der Waals surface area (Å²) in [5.74, 6) is -1.05. The first-order chi connectivity index (χ1) is 13.2. The number of alkyl carbamates (subject to hydrolysis) is 1. The van der Waals surface area contributed by atoms with E-state index in [9.17, 15) is 9.59 Å². The van der Waals surface area contributed by atoms with Crippen LogP contribution in [-0.2, 0) is 4.74 Å². The van der Waals surface area contributed by atoms with Gasteiger partial charge in [0.25, 0.3) is 0 Å². The number of ketones is 1. The fourth-order valence-corrected chi connectivity index (χ4v) is 2.81. The molecule has 0 spiro atoms. The van der Waals surface area contributed by atoms with Gasteiger partial charge in [0, 0.05) is 11.1 Å². The molecule has 28 heavy (non-hydrogen) atoms. The highest BCUT2D eigenvalue weighted by atomic mass is 19.1. The zero-order valence-corrected chi connectivity index (χ0v) is 16.8. The van der Waals surface area contributed by atoms with E-state index in [1.54, 1.807) is 51.1 Å². The maximum atomic E-state index is 15.4. The van der Waals surface area contributed by atoms with E-state index in [1.807, 2.05) is 6.92 Å². The molecule has 1 unspecified atom stereocenters. The molecule has 0 aliphatic rings. The highest BCUT2D eigenvalue weighted by Gasteiger charge is 2.27. The number of carbonyl (C=O) groups is 2. The van der Waals surface area contributed by atoms with Crippen molar-refractivity contribution in [3.63, 3.8) is 0 Å². The fraction of sp³-hybridized carbons (Fsp3) is 0.364. The quantitative estimate of drug-likeness (QED) is 0.705. The van der Waals surface area contributed by atoms with Gasteiger partial charge in [0.15, 0.2) is 5.78 Å². The van der Waals surface area contributed by atoms with Crippen molar-refractivity contribution in [1.82, 2.24) is 5.32 Å². The predicted octanol–water partition coefficient (Wildman–Crippen LogP) is 5.04. The summed E-state index contributed by atoms with van der Waals surface area (Å²) >= 11 is 0. The summed E-state index contributed by atoms with van der Waals surface area (Å²) in [5.41, 5.74) is -0.274. The number of hydrogen-bond donors (Lipinski definition) is 1. The van der Waals surface area contributed by atoms with Gasteiger partial charge in [-0.3, -0.25) is 4.79 Å². The van der Waals surface area contributed by atoms with Gasteiger partial charge < -0.3 is 14.8 Å². The van der Waals surface area contributed by atoms with Gasteiger partial charge >= 0.3 is 6.09 Å². The molecule has 0 fully saturated rings. The van der Waals surface area contributed by atoms with Crippen LogP contribution in [0.2, 0.25) is 0 Å². The van der Waals surface area contributed by atoms with Gasteiger partial charge in [-0.2, -0.15) is 0 Å². The monoisotopic (exact) mass is 387 g/mol. The zero-order valence-electron chi connectivity index (χ0n) is 16.8. The molecule has 5 nitrogen and oxygen atoms in total. The molecule has 0 heterocycles. The molecule has 0 aromatic heterocycles. The highest BCUT2D eigenvalue weighted by molar-refractivity contribution is 6.11. The molecule has 6 heteroatoms. The van der Waals surface area contributed by atoms with Crippen LogP contribution in [0.15, 0.2) is 42.5 Å². The molecule has 2 aromatic rings. The van der Waals surface area contributed by atoms with Crippen LogP contribution in [-0.4, -0.2) is 24.6 Å². The predicted molar refractivity (Wildman–Crippen MR) is 105 cm³/mol. The Morgan fingerprint density at radius 1 is 1.11 bits per heavy atom. The number of nitrogens with one attached hydrogen (secondary N) is 1. The van der Waals surface area contributed by atoms with Crippen LogP contribution < -0.4 is 10.1 Å². The fourth-order valence-electron chi connectivity index (χ4n) is 2.81. The lowest BCUT2D eigenvalue weighted by molar-refractivity contribution is 0.0501. The average Bonchev–Trinajstić information content (AvgIpc) is 2.64. The molecule has 1 atom stereocenters. The second kappa shape index (κ2) is 8.87. The van der Waals surface area contributed by atoms with Crippen LogP contribution in [0, 0.1) is 5.82 Å². The minimum atomic E-state index is -0.712. The summed E-state index contributed by atoms with van der Waals surface area (Å²) in [6.45, 7) is 7.05. The number of halogens is 1. The Labute approximate surface area is 164 Å². The van der Waals surface area contributed by atoms with Gasteiger partial charge in [-0.25, -0.2) is 9.18 Å². The van der Waals surface area contributed by atoms with E-state index in [0.717, 1.165) is 0 Å². The minimum absolute atomic E-state index is 0.141. The molecule has 150 valence electrons. The number of rotatable bonds is 6. The molecule has 1 amide bonds. The number of methoxy groups -OCH3 is 1. The zero-order chi connectivity index (χ0) is 20.9. The first-order valence-corrected chi connectivity index (χ1v) is 9.13. The van der Waals surface area contributed by atoms with Gasteiger partial charge in [-0.1, -0.05) is 43.3 Å². The van der Waals surface area contributed by atoms with Crippen LogP contribution in [0.3, 0.4) is 0 Å². The number of benzene rings is 2. The van der Waals surface area contributed by atoms with E-state index < -0.39 is 29.3 Å². The van der Waals surface area contributed by atoms with E-state index >= 15 is 4.39 Å². The molecule has 1 N–H and O–H groups in total. The molecule has 0 aliphatic heterocycles. The van der Waals surface area contributed by atoms with E-state index in [0.29, 0.717) is 12.0 Å². The molecule has 0 radical (unpaired) electrons. The second-order valence-electron chi connectivity index (χ2n) is 7.35. The van der Waals surface area contributed by atoms with Crippen LogP contribution in [0.1, 0.15) is 61.6 Å². The lowest BCUT2D eigenvalue weighted by Crippen LogP contribution is -2.35. The number of ether oxygens (including phenoxy) is 2. The van der Waals surface area contributed by atoms with Gasteiger partial charge in [0.2, 0.25) is 0 Å². The SMILES string of the molecule is CCC(NC(=O)OC(C)(C)C)c1ccc(OC)c(C(=O)c2ccccc2)c1F. The summed E-state index contributed by atoms with van der Waals surface area (Å²) in [4.78, 5) is 25.0. The Morgan fingerprint density at radius 2 is 1.75 bits per heavy atom. The normalized spacial score (nSPS) is 12.2. The third-order valence-electron chi connectivity index (χ3n) is 4.09. The van der Waals surface area contributed by atoms with Crippen molar-refractivity contribution in [1.29, 1.82) is 0 Å². The highest BCUT2D eigenvalue weighted by Crippen LogP contribution is 2.31. The Hall–Kier alpha value is -2.89. The average molecular weight is 387 g/mol. The number of hydrogen-bond acceptors (Lipinski definition) is 4. The third-order valence-corrected chi connectivity index (χ3v) is 4.09. The smallest absolute Gasteiger partial charge is 0.408 e. The van der Waals surface area contributed by atoms with Crippen molar-refractivity contribution in [2.75, 3.05) is 7.11 Å². The van der Waals surface area contributed by atoms with Crippen molar-refractivity contribution in [3.05, 3.63) is 65.0 Å². The van der Waals surface area contributed by atoms with E-state index in [1.165, 1.54) is 19.2 Å². The molecule has 2 aromatic carbocycles. The molecule has 0 saturated heterocycles. The molecular weight excluding hydrogens is 361 g/mol. The van der Waals surface area contributed by atoms with Crippen molar-refractivity contribution in [3.8, 4) is 5.75 Å². The van der Waals surface area contributed by atoms with Crippen molar-refractivity contribution < 1.29 is 23.5 Å². The summed E-state index contributed by atoms with van der Waals surface area (Å²) in [7, 11) is 1.38. The first-order valence-electron chi connectivity index (χ1n) is 9.13. The number of carbonyl (C=O) groups excluding carboxylic acids is 2. The Kier molecular flexibility index (Phi) is 6.78. The lowest BCUT2D eigenvalue weighted by atomic mass is 9.95. The van der Waals surface area contributed by atoms with Gasteiger partial charge in [0.1, 0.15) is 22.7 Å². The first kappa shape index (κ1) is 21.4. The molecule has 2 rings (SSSR count). The standard InChI is InChI=1S/C22H26FNO4/c1-6-16(24-21(26)28-22(2,3)4)15-12-13-17(27-5)18(19(15)23)20(25)14-10-8-7-9-11-14/h7-13,16H,6H2,1-5H3,(H,24,26). The number of amides is 1. The van der Waals surface area contributed by atoms with Crippen molar-refractivity contribution in [2.24, 2.45) is 0 Å². The summed E-state index contributed by atoms with van der Waals surface area (Å²) in [6, 6.07) is 10.8. The van der Waals surface area contributed by atoms with Crippen molar-refractivity contribution in [2.45, 2.75) is 45.8 Å². The van der Waals surface area contributed by atoms with E-state index in [2.05, 4.69) is 5.32 Å². The summed E-state index contributed by atoms with van der Waals surface area (Å²) < 4.78 is 25.9. The Morgan fingerprint density at radius 3 is 2.29 bits per heavy atom. The van der Waals surface area contributed by atoms with Crippen molar-refractivity contribution >= 4 is 11.9 Å². The van der Waals surface area contributed by atoms with Crippen LogP contribution >= 0.6 is 0 Å². The minimum Gasteiger partial charge on any atom is -0.496 e. The van der Waals surface area contributed by atoms with E-state index in [4.69, 9.17) is 9.47 Å². The summed E-state index contributed by atoms with van der Waals surface area (Å²) in [5, 5.41) is 2.67. The van der Waals surface area contributed by atoms with Crippen LogP contribution in [0.25, 0.3) is 0 Å². The summed E-state index contributed by atoms with van der Waals surface area (Å²) in [6.07, 6.45) is -0.230.